The van der Waals surface area contributed by atoms with Crippen LogP contribution in [0.5, 0.6) is 0 Å². The number of sulfonamides is 1. The average molecular weight is 353 g/mol. The number of hydrogen-bond acceptors (Lipinski definition) is 7. The van der Waals surface area contributed by atoms with Crippen molar-refractivity contribution < 1.29 is 12.8 Å². The van der Waals surface area contributed by atoms with Crippen LogP contribution in [0.15, 0.2) is 22.8 Å². The summed E-state index contributed by atoms with van der Waals surface area (Å²) < 4.78 is 31.8. The number of fused-ring (bicyclic) bond motifs is 1. The molecule has 0 saturated carbocycles. The predicted octanol–water partition coefficient (Wildman–Crippen LogP) is 1.58. The minimum Gasteiger partial charge on any atom is -0.462 e. The van der Waals surface area contributed by atoms with Gasteiger partial charge in [0.15, 0.2) is 16.6 Å². The third kappa shape index (κ3) is 2.66. The Kier molecular flexibility index (Phi) is 3.47. The van der Waals surface area contributed by atoms with Crippen LogP contribution < -0.4 is 0 Å². The molecule has 10 heteroatoms. The molecule has 4 rings (SSSR count). The lowest BCUT2D eigenvalue weighted by molar-refractivity contribution is 0.313. The van der Waals surface area contributed by atoms with Gasteiger partial charge in [0.2, 0.25) is 15.0 Å². The van der Waals surface area contributed by atoms with Gasteiger partial charge < -0.3 is 4.42 Å². The third-order valence-electron chi connectivity index (χ3n) is 4.04. The average Bonchev–Trinajstić information content (AvgIpc) is 3.22. The molecule has 0 unspecified atom stereocenters. The molecule has 0 radical (unpaired) electrons. The van der Waals surface area contributed by atoms with Gasteiger partial charge in [-0.25, -0.2) is 12.7 Å². The normalized spacial score (nSPS) is 18.0. The molecule has 0 spiro atoms. The van der Waals surface area contributed by atoms with Crippen molar-refractivity contribution in [3.63, 3.8) is 0 Å². The SMILES string of the molecule is CS(=O)(=O)N1CCC(c2nnc3sc(-c4ccco4)nn23)CC1. The largest absolute Gasteiger partial charge is 0.462 e. The number of furan rings is 1. The van der Waals surface area contributed by atoms with Gasteiger partial charge in [0.25, 0.3) is 0 Å². The minimum atomic E-state index is -3.12. The summed E-state index contributed by atoms with van der Waals surface area (Å²) in [4.78, 5) is 0.719. The van der Waals surface area contributed by atoms with Gasteiger partial charge in [0, 0.05) is 19.0 Å². The second-order valence-electron chi connectivity index (χ2n) is 5.57. The lowest BCUT2D eigenvalue weighted by Gasteiger charge is -2.28. The van der Waals surface area contributed by atoms with E-state index in [0.29, 0.717) is 18.8 Å². The monoisotopic (exact) mass is 353 g/mol. The molecule has 0 N–H and O–H groups in total. The van der Waals surface area contributed by atoms with E-state index in [1.807, 2.05) is 12.1 Å². The maximum absolute atomic E-state index is 11.6. The minimum absolute atomic E-state index is 0.162. The maximum atomic E-state index is 11.6. The highest BCUT2D eigenvalue weighted by Crippen LogP contribution is 2.31. The van der Waals surface area contributed by atoms with Crippen LogP contribution in [0.4, 0.5) is 0 Å². The smallest absolute Gasteiger partial charge is 0.235 e. The Morgan fingerprint density at radius 2 is 2.09 bits per heavy atom. The molecule has 23 heavy (non-hydrogen) atoms. The Hall–Kier alpha value is -1.78. The zero-order chi connectivity index (χ0) is 16.0. The van der Waals surface area contributed by atoms with Gasteiger partial charge in [-0.1, -0.05) is 11.3 Å². The molecule has 4 heterocycles. The first-order valence-corrected chi connectivity index (χ1v) is 9.90. The fourth-order valence-electron chi connectivity index (χ4n) is 2.83. The van der Waals surface area contributed by atoms with E-state index < -0.39 is 10.0 Å². The van der Waals surface area contributed by atoms with Crippen LogP contribution >= 0.6 is 11.3 Å². The molecular weight excluding hydrogens is 338 g/mol. The van der Waals surface area contributed by atoms with Crippen LogP contribution in [0.2, 0.25) is 0 Å². The number of rotatable bonds is 3. The summed E-state index contributed by atoms with van der Waals surface area (Å²) in [5, 5.41) is 13.7. The highest BCUT2D eigenvalue weighted by atomic mass is 32.2. The Balaban J connectivity index is 1.60. The van der Waals surface area contributed by atoms with E-state index >= 15 is 0 Å². The molecule has 0 bridgehead atoms. The predicted molar refractivity (Wildman–Crippen MR) is 84.8 cm³/mol. The fraction of sp³-hybridized carbons (Fsp3) is 0.462. The van der Waals surface area contributed by atoms with Crippen LogP contribution in [0.1, 0.15) is 24.6 Å². The molecule has 0 aliphatic carbocycles. The van der Waals surface area contributed by atoms with E-state index in [1.165, 1.54) is 21.9 Å². The second-order valence-corrected chi connectivity index (χ2v) is 8.51. The number of aromatic nitrogens is 4. The summed E-state index contributed by atoms with van der Waals surface area (Å²) in [5.41, 5.74) is 0. The number of nitrogens with zero attached hydrogens (tertiary/aromatic N) is 5. The lowest BCUT2D eigenvalue weighted by Crippen LogP contribution is -2.37. The summed E-state index contributed by atoms with van der Waals surface area (Å²) in [5.74, 6) is 1.66. The molecule has 1 saturated heterocycles. The lowest BCUT2D eigenvalue weighted by atomic mass is 9.97. The molecule has 0 amide bonds. The van der Waals surface area contributed by atoms with E-state index in [-0.39, 0.29) is 5.92 Å². The number of hydrogen-bond donors (Lipinski definition) is 0. The van der Waals surface area contributed by atoms with E-state index in [4.69, 9.17) is 4.42 Å². The standard InChI is InChI=1S/C13H15N5O3S2/c1-23(19,20)17-6-4-9(5-7-17)11-14-15-13-18(11)16-12(22-13)10-3-2-8-21-10/h2-3,8-9H,4-7H2,1H3. The molecule has 122 valence electrons. The third-order valence-corrected chi connectivity index (χ3v) is 6.25. The first-order chi connectivity index (χ1) is 11.0. The van der Waals surface area contributed by atoms with Crippen molar-refractivity contribution in [1.82, 2.24) is 24.1 Å². The summed E-state index contributed by atoms with van der Waals surface area (Å²) in [6, 6.07) is 3.68. The quantitative estimate of drug-likeness (QED) is 0.710. The van der Waals surface area contributed by atoms with E-state index in [1.54, 1.807) is 10.8 Å². The van der Waals surface area contributed by atoms with Gasteiger partial charge in [0.05, 0.1) is 12.5 Å². The maximum Gasteiger partial charge on any atom is 0.235 e. The summed E-state index contributed by atoms with van der Waals surface area (Å²) in [6.07, 6.45) is 4.31. The van der Waals surface area contributed by atoms with Crippen molar-refractivity contribution in [2.24, 2.45) is 0 Å². The van der Waals surface area contributed by atoms with Gasteiger partial charge in [0.1, 0.15) is 0 Å². The molecule has 0 atom stereocenters. The van der Waals surface area contributed by atoms with Crippen molar-refractivity contribution in [1.29, 1.82) is 0 Å². The Morgan fingerprint density at radius 1 is 1.30 bits per heavy atom. The van der Waals surface area contributed by atoms with Crippen LogP contribution in [0.3, 0.4) is 0 Å². The summed E-state index contributed by atoms with van der Waals surface area (Å²) >= 11 is 1.42. The van der Waals surface area contributed by atoms with Crippen molar-refractivity contribution in [2.45, 2.75) is 18.8 Å². The molecule has 1 fully saturated rings. The van der Waals surface area contributed by atoms with Crippen molar-refractivity contribution >= 4 is 26.3 Å². The first-order valence-electron chi connectivity index (χ1n) is 7.23. The van der Waals surface area contributed by atoms with Crippen molar-refractivity contribution in [3.8, 4) is 10.8 Å². The molecule has 3 aromatic heterocycles. The molecule has 3 aromatic rings. The highest BCUT2D eigenvalue weighted by Gasteiger charge is 2.29. The molecule has 1 aliphatic rings. The number of piperidine rings is 1. The van der Waals surface area contributed by atoms with E-state index in [9.17, 15) is 8.42 Å². The van der Waals surface area contributed by atoms with Gasteiger partial charge >= 0.3 is 0 Å². The Bertz CT molecular complexity index is 920. The van der Waals surface area contributed by atoms with Crippen LogP contribution in [0.25, 0.3) is 15.7 Å². The second kappa shape index (κ2) is 5.39. The van der Waals surface area contributed by atoms with Gasteiger partial charge in [-0.15, -0.1) is 15.3 Å². The highest BCUT2D eigenvalue weighted by molar-refractivity contribution is 7.88. The zero-order valence-electron chi connectivity index (χ0n) is 12.4. The van der Waals surface area contributed by atoms with Crippen LogP contribution in [-0.4, -0.2) is 51.9 Å². The van der Waals surface area contributed by atoms with Gasteiger partial charge in [-0.2, -0.15) is 4.52 Å². The van der Waals surface area contributed by atoms with E-state index in [0.717, 1.165) is 28.6 Å². The van der Waals surface area contributed by atoms with Crippen molar-refractivity contribution in [3.05, 3.63) is 24.2 Å². The van der Waals surface area contributed by atoms with Gasteiger partial charge in [-0.3, -0.25) is 0 Å². The Labute approximate surface area is 136 Å². The summed E-state index contributed by atoms with van der Waals surface area (Å²) in [7, 11) is -3.12. The molecule has 1 aliphatic heterocycles. The zero-order valence-corrected chi connectivity index (χ0v) is 14.0. The Morgan fingerprint density at radius 3 is 2.74 bits per heavy atom. The van der Waals surface area contributed by atoms with E-state index in [2.05, 4.69) is 15.3 Å². The topological polar surface area (TPSA) is 93.6 Å². The van der Waals surface area contributed by atoms with Gasteiger partial charge in [-0.05, 0) is 25.0 Å². The molecular formula is C13H15N5O3S2. The van der Waals surface area contributed by atoms with Crippen LogP contribution in [0, 0.1) is 0 Å². The molecule has 0 aromatic carbocycles. The first kappa shape index (κ1) is 14.8. The summed E-state index contributed by atoms with van der Waals surface area (Å²) in [6.45, 7) is 1.02. The fourth-order valence-corrected chi connectivity index (χ4v) is 4.52. The molecule has 8 nitrogen and oxygen atoms in total. The van der Waals surface area contributed by atoms with Crippen LogP contribution in [-0.2, 0) is 10.0 Å². The van der Waals surface area contributed by atoms with Crippen molar-refractivity contribution in [2.75, 3.05) is 19.3 Å².